The van der Waals surface area contributed by atoms with Crippen LogP contribution in [-0.4, -0.2) is 7.11 Å². The predicted molar refractivity (Wildman–Crippen MR) is 108 cm³/mol. The molecule has 0 radical (unpaired) electrons. The Balaban J connectivity index is 1.67. The van der Waals surface area contributed by atoms with E-state index in [2.05, 4.69) is 11.8 Å². The van der Waals surface area contributed by atoms with Crippen molar-refractivity contribution >= 4 is 10.8 Å². The standard InChI is InChI=1S/C25H13F5O/c1-31-19-12-23(29)25(24(30)13-19)17-7-6-15(20(26)10-17)4-2-14-3-5-16-9-21(27)22(28)11-18(16)8-14/h3,5-13H,1H3. The third-order valence-electron chi connectivity index (χ3n) is 4.73. The zero-order valence-corrected chi connectivity index (χ0v) is 16.1. The van der Waals surface area contributed by atoms with Crippen molar-refractivity contribution < 1.29 is 26.7 Å². The molecule has 0 spiro atoms. The summed E-state index contributed by atoms with van der Waals surface area (Å²) in [4.78, 5) is 0. The van der Waals surface area contributed by atoms with Gasteiger partial charge in [-0.25, -0.2) is 22.0 Å². The van der Waals surface area contributed by atoms with Gasteiger partial charge in [-0.05, 0) is 52.7 Å². The van der Waals surface area contributed by atoms with Crippen LogP contribution in [0.5, 0.6) is 5.75 Å². The summed E-state index contributed by atoms with van der Waals surface area (Å²) >= 11 is 0. The summed E-state index contributed by atoms with van der Waals surface area (Å²) in [5.41, 5.74) is 0.129. The lowest BCUT2D eigenvalue weighted by Crippen LogP contribution is -1.94. The topological polar surface area (TPSA) is 9.23 Å². The molecule has 0 aromatic heterocycles. The molecule has 0 atom stereocenters. The van der Waals surface area contributed by atoms with E-state index in [1.807, 2.05) is 0 Å². The molecule has 0 heterocycles. The molecule has 0 saturated heterocycles. The monoisotopic (exact) mass is 424 g/mol. The summed E-state index contributed by atoms with van der Waals surface area (Å²) in [5, 5.41) is 0.954. The zero-order chi connectivity index (χ0) is 22.1. The van der Waals surface area contributed by atoms with Crippen LogP contribution < -0.4 is 4.74 Å². The summed E-state index contributed by atoms with van der Waals surface area (Å²) in [5.74, 6) is 0.977. The van der Waals surface area contributed by atoms with Gasteiger partial charge in [-0.3, -0.25) is 0 Å². The molecule has 0 fully saturated rings. The molecule has 0 aliphatic heterocycles. The molecule has 1 nitrogen and oxygen atoms in total. The van der Waals surface area contributed by atoms with Gasteiger partial charge in [-0.2, -0.15) is 0 Å². The molecule has 4 aromatic carbocycles. The Morgan fingerprint density at radius 2 is 1.29 bits per heavy atom. The SMILES string of the molecule is COc1cc(F)c(-c2ccc(C#Cc3ccc4cc(F)c(F)cc4c3)c(F)c2)c(F)c1. The van der Waals surface area contributed by atoms with E-state index in [4.69, 9.17) is 4.74 Å². The van der Waals surface area contributed by atoms with Gasteiger partial charge in [-0.15, -0.1) is 0 Å². The number of hydrogen-bond donors (Lipinski definition) is 0. The molecule has 6 heteroatoms. The van der Waals surface area contributed by atoms with Crippen molar-refractivity contribution in [2.45, 2.75) is 0 Å². The largest absolute Gasteiger partial charge is 0.497 e. The molecule has 4 rings (SSSR count). The van der Waals surface area contributed by atoms with Crippen LogP contribution in [0.4, 0.5) is 22.0 Å². The lowest BCUT2D eigenvalue weighted by Gasteiger charge is -2.08. The van der Waals surface area contributed by atoms with Gasteiger partial charge in [0, 0.05) is 17.7 Å². The van der Waals surface area contributed by atoms with Crippen LogP contribution >= 0.6 is 0 Å². The Morgan fingerprint density at radius 1 is 0.613 bits per heavy atom. The van der Waals surface area contributed by atoms with Gasteiger partial charge in [0.05, 0.1) is 18.2 Å². The molecule has 0 N–H and O–H groups in total. The van der Waals surface area contributed by atoms with E-state index in [1.54, 1.807) is 18.2 Å². The van der Waals surface area contributed by atoms with Crippen LogP contribution in [-0.2, 0) is 0 Å². The van der Waals surface area contributed by atoms with Crippen LogP contribution in [0.2, 0.25) is 0 Å². The second-order valence-corrected chi connectivity index (χ2v) is 6.74. The highest BCUT2D eigenvalue weighted by Crippen LogP contribution is 2.30. The maximum Gasteiger partial charge on any atom is 0.159 e. The average Bonchev–Trinajstić information content (AvgIpc) is 2.73. The lowest BCUT2D eigenvalue weighted by molar-refractivity contribution is 0.407. The minimum absolute atomic E-state index is 0.0136. The van der Waals surface area contributed by atoms with Gasteiger partial charge in [0.1, 0.15) is 23.2 Å². The summed E-state index contributed by atoms with van der Waals surface area (Å²) in [6.45, 7) is 0. The molecule has 31 heavy (non-hydrogen) atoms. The summed E-state index contributed by atoms with van der Waals surface area (Å²) < 4.78 is 74.6. The van der Waals surface area contributed by atoms with E-state index in [0.717, 1.165) is 30.3 Å². The Labute approximate surface area is 174 Å². The van der Waals surface area contributed by atoms with E-state index in [9.17, 15) is 22.0 Å². The van der Waals surface area contributed by atoms with E-state index < -0.39 is 29.1 Å². The summed E-state index contributed by atoms with van der Waals surface area (Å²) in [7, 11) is 1.28. The van der Waals surface area contributed by atoms with Crippen molar-refractivity contribution in [1.29, 1.82) is 0 Å². The maximum absolute atomic E-state index is 14.5. The van der Waals surface area contributed by atoms with E-state index in [-0.39, 0.29) is 22.4 Å². The number of rotatable bonds is 2. The number of fused-ring (bicyclic) bond motifs is 1. The fourth-order valence-electron chi connectivity index (χ4n) is 3.17. The molecule has 0 aliphatic rings. The third-order valence-corrected chi connectivity index (χ3v) is 4.73. The van der Waals surface area contributed by atoms with Crippen LogP contribution in [0.1, 0.15) is 11.1 Å². The van der Waals surface area contributed by atoms with Crippen molar-refractivity contribution in [3.8, 4) is 28.7 Å². The number of hydrogen-bond acceptors (Lipinski definition) is 1. The molecule has 154 valence electrons. The first-order valence-corrected chi connectivity index (χ1v) is 9.09. The smallest absolute Gasteiger partial charge is 0.159 e. The molecule has 0 unspecified atom stereocenters. The van der Waals surface area contributed by atoms with Gasteiger partial charge in [0.25, 0.3) is 0 Å². The van der Waals surface area contributed by atoms with Crippen LogP contribution in [0.3, 0.4) is 0 Å². The second kappa shape index (κ2) is 8.11. The minimum Gasteiger partial charge on any atom is -0.497 e. The van der Waals surface area contributed by atoms with Gasteiger partial charge < -0.3 is 4.74 Å². The number of benzene rings is 4. The Hall–Kier alpha value is -3.85. The van der Waals surface area contributed by atoms with Crippen molar-refractivity contribution in [2.75, 3.05) is 7.11 Å². The summed E-state index contributed by atoms with van der Waals surface area (Å²) in [6.07, 6.45) is 0. The second-order valence-electron chi connectivity index (χ2n) is 6.74. The highest BCUT2D eigenvalue weighted by atomic mass is 19.2. The van der Waals surface area contributed by atoms with Crippen molar-refractivity contribution in [3.63, 3.8) is 0 Å². The molecular formula is C25H13F5O. The molecule has 0 saturated carbocycles. The van der Waals surface area contributed by atoms with E-state index in [0.29, 0.717) is 16.3 Å². The van der Waals surface area contributed by atoms with Crippen molar-refractivity contribution in [1.82, 2.24) is 0 Å². The highest BCUT2D eigenvalue weighted by molar-refractivity contribution is 5.84. The molecular weight excluding hydrogens is 411 g/mol. The van der Waals surface area contributed by atoms with Crippen LogP contribution in [0.25, 0.3) is 21.9 Å². The fraction of sp³-hybridized carbons (Fsp3) is 0.0400. The molecule has 4 aromatic rings. The number of ether oxygens (including phenoxy) is 1. The van der Waals surface area contributed by atoms with Crippen LogP contribution in [0.15, 0.2) is 60.7 Å². The maximum atomic E-state index is 14.5. The van der Waals surface area contributed by atoms with Crippen molar-refractivity contribution in [2.24, 2.45) is 0 Å². The number of halogens is 5. The van der Waals surface area contributed by atoms with Gasteiger partial charge >= 0.3 is 0 Å². The quantitative estimate of drug-likeness (QED) is 0.260. The highest BCUT2D eigenvalue weighted by Gasteiger charge is 2.15. The fourth-order valence-corrected chi connectivity index (χ4v) is 3.17. The lowest BCUT2D eigenvalue weighted by atomic mass is 10.0. The summed E-state index contributed by atoms with van der Waals surface area (Å²) in [6, 6.07) is 12.6. The van der Waals surface area contributed by atoms with E-state index >= 15 is 0 Å². The van der Waals surface area contributed by atoms with Gasteiger partial charge in [0.15, 0.2) is 11.6 Å². The Kier molecular flexibility index (Phi) is 5.35. The average molecular weight is 424 g/mol. The normalized spacial score (nSPS) is 10.6. The Bertz CT molecular complexity index is 1360. The third kappa shape index (κ3) is 4.08. The first-order chi connectivity index (χ1) is 14.9. The minimum atomic E-state index is -0.975. The molecule has 0 bridgehead atoms. The Morgan fingerprint density at radius 3 is 1.94 bits per heavy atom. The van der Waals surface area contributed by atoms with Gasteiger partial charge in [-0.1, -0.05) is 24.0 Å². The first-order valence-electron chi connectivity index (χ1n) is 9.09. The molecule has 0 aliphatic carbocycles. The number of methoxy groups -OCH3 is 1. The first kappa shape index (κ1) is 20.4. The predicted octanol–water partition coefficient (Wildman–Crippen LogP) is 6.61. The van der Waals surface area contributed by atoms with Gasteiger partial charge in [0.2, 0.25) is 0 Å². The van der Waals surface area contributed by atoms with Crippen LogP contribution in [0, 0.1) is 40.9 Å². The van der Waals surface area contributed by atoms with E-state index in [1.165, 1.54) is 19.2 Å². The van der Waals surface area contributed by atoms with Crippen molar-refractivity contribution in [3.05, 3.63) is 101 Å². The zero-order valence-electron chi connectivity index (χ0n) is 16.1. The molecule has 0 amide bonds.